The maximum absolute atomic E-state index is 4.17. The second kappa shape index (κ2) is 4.49. The summed E-state index contributed by atoms with van der Waals surface area (Å²) in [7, 11) is 2.07. The summed E-state index contributed by atoms with van der Waals surface area (Å²) >= 11 is 0. The summed E-state index contributed by atoms with van der Waals surface area (Å²) in [5, 5.41) is 2.51. The Labute approximate surface area is 107 Å². The zero-order valence-electron chi connectivity index (χ0n) is 10.2. The minimum atomic E-state index is 1.09. The van der Waals surface area contributed by atoms with Crippen LogP contribution in [0.1, 0.15) is 0 Å². The minimum absolute atomic E-state index is 1.09. The molecule has 0 unspecified atom stereocenters. The first-order valence-electron chi connectivity index (χ1n) is 5.98. The lowest BCUT2D eigenvalue weighted by Gasteiger charge is -2.20. The summed E-state index contributed by atoms with van der Waals surface area (Å²) < 4.78 is 0. The van der Waals surface area contributed by atoms with Crippen LogP contribution in [0, 0.1) is 0 Å². The van der Waals surface area contributed by atoms with E-state index in [-0.39, 0.29) is 0 Å². The van der Waals surface area contributed by atoms with Crippen molar-refractivity contribution in [3.63, 3.8) is 0 Å². The Bertz CT molecular complexity index is 657. The Kier molecular flexibility index (Phi) is 2.69. The predicted octanol–water partition coefficient (Wildman–Crippen LogP) is 4.00. The van der Waals surface area contributed by atoms with Crippen LogP contribution in [0.15, 0.2) is 67.0 Å². The quantitative estimate of drug-likeness (QED) is 0.666. The average Bonchev–Trinajstić information content (AvgIpc) is 2.47. The van der Waals surface area contributed by atoms with Crippen molar-refractivity contribution in [2.75, 3.05) is 11.9 Å². The van der Waals surface area contributed by atoms with Gasteiger partial charge in [-0.3, -0.25) is 4.98 Å². The van der Waals surface area contributed by atoms with Crippen LogP contribution in [0.25, 0.3) is 10.8 Å². The Balaban J connectivity index is 2.15. The third kappa shape index (κ3) is 1.82. The summed E-state index contributed by atoms with van der Waals surface area (Å²) in [6, 6.07) is 18.8. The Morgan fingerprint density at radius 3 is 2.56 bits per heavy atom. The van der Waals surface area contributed by atoms with Crippen LogP contribution in [0.5, 0.6) is 0 Å². The maximum Gasteiger partial charge on any atom is 0.0594 e. The molecule has 18 heavy (non-hydrogen) atoms. The van der Waals surface area contributed by atoms with Gasteiger partial charge in [-0.2, -0.15) is 0 Å². The fourth-order valence-corrected chi connectivity index (χ4v) is 2.19. The van der Waals surface area contributed by atoms with Crippen molar-refractivity contribution in [1.29, 1.82) is 0 Å². The van der Waals surface area contributed by atoms with Gasteiger partial charge in [0.1, 0.15) is 0 Å². The molecule has 0 amide bonds. The molecule has 3 aromatic rings. The standard InChI is InChI=1S/C16H14N2/c1-18(14-8-5-11-17-12-14)16-10-4-7-13-6-2-3-9-15(13)16/h2-12H,1H3. The molecule has 2 aromatic carbocycles. The fraction of sp³-hybridized carbons (Fsp3) is 0.0625. The lowest BCUT2D eigenvalue weighted by molar-refractivity contribution is 1.18. The third-order valence-electron chi connectivity index (χ3n) is 3.16. The first-order chi connectivity index (χ1) is 8.86. The van der Waals surface area contributed by atoms with Crippen LogP contribution in [-0.2, 0) is 0 Å². The van der Waals surface area contributed by atoms with Gasteiger partial charge in [0, 0.05) is 24.3 Å². The van der Waals surface area contributed by atoms with Crippen LogP contribution < -0.4 is 4.90 Å². The first kappa shape index (κ1) is 10.8. The van der Waals surface area contributed by atoms with Gasteiger partial charge in [0.25, 0.3) is 0 Å². The van der Waals surface area contributed by atoms with Gasteiger partial charge < -0.3 is 4.90 Å². The molecule has 0 aliphatic rings. The second-order valence-corrected chi connectivity index (χ2v) is 4.27. The van der Waals surface area contributed by atoms with E-state index in [0.717, 1.165) is 5.69 Å². The van der Waals surface area contributed by atoms with Gasteiger partial charge >= 0.3 is 0 Å². The number of nitrogens with zero attached hydrogens (tertiary/aromatic N) is 2. The highest BCUT2D eigenvalue weighted by Gasteiger charge is 2.07. The fourth-order valence-electron chi connectivity index (χ4n) is 2.19. The molecule has 0 aliphatic heterocycles. The lowest BCUT2D eigenvalue weighted by Crippen LogP contribution is -2.09. The first-order valence-corrected chi connectivity index (χ1v) is 5.98. The molecule has 2 heteroatoms. The topological polar surface area (TPSA) is 16.1 Å². The van der Waals surface area contributed by atoms with E-state index in [1.54, 1.807) is 6.20 Å². The molecule has 0 atom stereocenters. The van der Waals surface area contributed by atoms with Crippen molar-refractivity contribution in [3.8, 4) is 0 Å². The van der Waals surface area contributed by atoms with Gasteiger partial charge in [-0.05, 0) is 23.6 Å². The van der Waals surface area contributed by atoms with E-state index in [2.05, 4.69) is 65.5 Å². The van der Waals surface area contributed by atoms with E-state index in [0.29, 0.717) is 0 Å². The van der Waals surface area contributed by atoms with E-state index in [9.17, 15) is 0 Å². The largest absolute Gasteiger partial charge is 0.343 e. The number of benzene rings is 2. The van der Waals surface area contributed by atoms with E-state index >= 15 is 0 Å². The van der Waals surface area contributed by atoms with Gasteiger partial charge in [-0.25, -0.2) is 0 Å². The van der Waals surface area contributed by atoms with Crippen molar-refractivity contribution in [2.45, 2.75) is 0 Å². The molecule has 1 heterocycles. The molecule has 0 saturated carbocycles. The summed E-state index contributed by atoms with van der Waals surface area (Å²) in [5.41, 5.74) is 2.29. The number of hydrogen-bond acceptors (Lipinski definition) is 2. The monoisotopic (exact) mass is 234 g/mol. The van der Waals surface area contributed by atoms with Crippen molar-refractivity contribution in [1.82, 2.24) is 4.98 Å². The van der Waals surface area contributed by atoms with E-state index in [1.807, 2.05) is 12.3 Å². The smallest absolute Gasteiger partial charge is 0.0594 e. The molecular weight excluding hydrogens is 220 g/mol. The Morgan fingerprint density at radius 1 is 0.889 bits per heavy atom. The SMILES string of the molecule is CN(c1cccnc1)c1cccc2ccccc12. The number of hydrogen-bond donors (Lipinski definition) is 0. The van der Waals surface area contributed by atoms with Crippen molar-refractivity contribution < 1.29 is 0 Å². The number of rotatable bonds is 2. The van der Waals surface area contributed by atoms with Gasteiger partial charge in [-0.15, -0.1) is 0 Å². The summed E-state index contributed by atoms with van der Waals surface area (Å²) in [5.74, 6) is 0. The molecule has 1 aromatic heterocycles. The van der Waals surface area contributed by atoms with E-state index < -0.39 is 0 Å². The molecule has 3 rings (SSSR count). The average molecular weight is 234 g/mol. The maximum atomic E-state index is 4.17. The van der Waals surface area contributed by atoms with E-state index in [1.165, 1.54) is 16.5 Å². The van der Waals surface area contributed by atoms with Crippen molar-refractivity contribution >= 4 is 22.1 Å². The van der Waals surface area contributed by atoms with Crippen molar-refractivity contribution in [2.24, 2.45) is 0 Å². The van der Waals surface area contributed by atoms with Crippen LogP contribution in [0.4, 0.5) is 11.4 Å². The van der Waals surface area contributed by atoms with Gasteiger partial charge in [-0.1, -0.05) is 36.4 Å². The highest BCUT2D eigenvalue weighted by atomic mass is 15.1. The zero-order chi connectivity index (χ0) is 12.4. The molecule has 88 valence electrons. The van der Waals surface area contributed by atoms with Crippen LogP contribution >= 0.6 is 0 Å². The molecular formula is C16H14N2. The number of anilines is 2. The summed E-state index contributed by atoms with van der Waals surface area (Å²) in [4.78, 5) is 6.33. The number of aromatic nitrogens is 1. The van der Waals surface area contributed by atoms with E-state index in [4.69, 9.17) is 0 Å². The molecule has 0 spiro atoms. The van der Waals surface area contributed by atoms with Gasteiger partial charge in [0.15, 0.2) is 0 Å². The number of pyridine rings is 1. The highest BCUT2D eigenvalue weighted by Crippen LogP contribution is 2.30. The Morgan fingerprint density at radius 2 is 1.72 bits per heavy atom. The molecule has 0 radical (unpaired) electrons. The molecule has 0 N–H and O–H groups in total. The third-order valence-corrected chi connectivity index (χ3v) is 3.16. The normalized spacial score (nSPS) is 10.5. The van der Waals surface area contributed by atoms with Crippen LogP contribution in [-0.4, -0.2) is 12.0 Å². The zero-order valence-corrected chi connectivity index (χ0v) is 10.2. The highest BCUT2D eigenvalue weighted by molar-refractivity contribution is 5.95. The van der Waals surface area contributed by atoms with Gasteiger partial charge in [0.05, 0.1) is 11.9 Å². The van der Waals surface area contributed by atoms with Crippen molar-refractivity contribution in [3.05, 3.63) is 67.0 Å². The molecule has 0 fully saturated rings. The molecule has 0 aliphatic carbocycles. The molecule has 2 nitrogen and oxygen atoms in total. The number of fused-ring (bicyclic) bond motifs is 1. The molecule has 0 bridgehead atoms. The van der Waals surface area contributed by atoms with Gasteiger partial charge in [0.2, 0.25) is 0 Å². The summed E-state index contributed by atoms with van der Waals surface area (Å²) in [6.45, 7) is 0. The lowest BCUT2D eigenvalue weighted by atomic mass is 10.1. The second-order valence-electron chi connectivity index (χ2n) is 4.27. The van der Waals surface area contributed by atoms with Crippen LogP contribution in [0.2, 0.25) is 0 Å². The molecule has 0 saturated heterocycles. The minimum Gasteiger partial charge on any atom is -0.343 e. The van der Waals surface area contributed by atoms with Crippen LogP contribution in [0.3, 0.4) is 0 Å². The Hall–Kier alpha value is -2.35. The predicted molar refractivity (Wildman–Crippen MR) is 76.2 cm³/mol. The summed E-state index contributed by atoms with van der Waals surface area (Å²) in [6.07, 6.45) is 3.67.